The molecule has 1 amide bonds. The highest BCUT2D eigenvalue weighted by molar-refractivity contribution is 7.91. The lowest BCUT2D eigenvalue weighted by molar-refractivity contribution is -0.137. The van der Waals surface area contributed by atoms with Gasteiger partial charge < -0.3 is 4.90 Å². The van der Waals surface area contributed by atoms with Crippen molar-refractivity contribution in [2.75, 3.05) is 37.7 Å². The van der Waals surface area contributed by atoms with Crippen molar-refractivity contribution >= 4 is 27.1 Å². The molecule has 1 unspecified atom stereocenters. The summed E-state index contributed by atoms with van der Waals surface area (Å²) in [5, 5.41) is 0.504. The van der Waals surface area contributed by atoms with E-state index < -0.39 is 21.6 Å². The average Bonchev–Trinajstić information content (AvgIpc) is 3.29. The summed E-state index contributed by atoms with van der Waals surface area (Å²) in [6, 6.07) is 4.78. The number of alkyl halides is 3. The van der Waals surface area contributed by atoms with Crippen LogP contribution in [0.5, 0.6) is 0 Å². The molecule has 0 saturated carbocycles. The summed E-state index contributed by atoms with van der Waals surface area (Å²) in [4.78, 5) is 21.8. The van der Waals surface area contributed by atoms with E-state index in [1.165, 1.54) is 23.5 Å². The van der Waals surface area contributed by atoms with E-state index in [2.05, 4.69) is 9.88 Å². The Labute approximate surface area is 182 Å². The summed E-state index contributed by atoms with van der Waals surface area (Å²) < 4.78 is 61.7. The minimum atomic E-state index is -4.40. The third kappa shape index (κ3) is 4.78. The lowest BCUT2D eigenvalue weighted by Gasteiger charge is -2.37. The standard InChI is InChI=1S/C20H22F3N3O3S2/c1-13-17(30-18(24-13)14-2-4-15(5-3-14)20(21,22)23)19(27)26-9-7-25(8-10-26)16-6-11-31(28,29)12-16/h2-5,16H,6-12H2,1H3. The molecule has 11 heteroatoms. The SMILES string of the molecule is Cc1nc(-c2ccc(C(F)(F)F)cc2)sc1C(=O)N1CCN(C2CCS(=O)(=O)C2)CC1. The van der Waals surface area contributed by atoms with Crippen molar-refractivity contribution in [3.63, 3.8) is 0 Å². The Hall–Kier alpha value is -1.98. The summed E-state index contributed by atoms with van der Waals surface area (Å²) >= 11 is 1.18. The number of rotatable bonds is 3. The van der Waals surface area contributed by atoms with Gasteiger partial charge in [-0.2, -0.15) is 13.2 Å². The quantitative estimate of drug-likeness (QED) is 0.685. The second-order valence-corrected chi connectivity index (χ2v) is 11.1. The molecule has 3 heterocycles. The Balaban J connectivity index is 1.42. The number of amides is 1. The fourth-order valence-corrected chi connectivity index (χ4v) is 6.82. The number of benzene rings is 1. The third-order valence-corrected chi connectivity index (χ3v) is 8.72. The molecule has 168 valence electrons. The van der Waals surface area contributed by atoms with Gasteiger partial charge in [0, 0.05) is 37.8 Å². The van der Waals surface area contributed by atoms with Crippen molar-refractivity contribution in [1.82, 2.24) is 14.8 Å². The first-order chi connectivity index (χ1) is 14.5. The maximum Gasteiger partial charge on any atom is 0.416 e. The molecule has 0 spiro atoms. The van der Waals surface area contributed by atoms with Crippen LogP contribution in [0.3, 0.4) is 0 Å². The first-order valence-corrected chi connectivity index (χ1v) is 12.6. The van der Waals surface area contributed by atoms with Crippen LogP contribution < -0.4 is 0 Å². The zero-order chi connectivity index (χ0) is 22.4. The van der Waals surface area contributed by atoms with E-state index in [-0.39, 0.29) is 23.5 Å². The normalized spacial score (nSPS) is 22.1. The van der Waals surface area contributed by atoms with Crippen LogP contribution in [-0.2, 0) is 16.0 Å². The van der Waals surface area contributed by atoms with Crippen molar-refractivity contribution < 1.29 is 26.4 Å². The summed E-state index contributed by atoms with van der Waals surface area (Å²) in [7, 11) is -2.95. The molecule has 31 heavy (non-hydrogen) atoms. The van der Waals surface area contributed by atoms with Gasteiger partial charge in [0.15, 0.2) is 9.84 Å². The molecular weight excluding hydrogens is 451 g/mol. The van der Waals surface area contributed by atoms with E-state index >= 15 is 0 Å². The highest BCUT2D eigenvalue weighted by Crippen LogP contribution is 2.33. The van der Waals surface area contributed by atoms with Crippen LogP contribution in [0.4, 0.5) is 13.2 Å². The number of halogens is 3. The van der Waals surface area contributed by atoms with Crippen molar-refractivity contribution in [2.24, 2.45) is 0 Å². The third-order valence-electron chi connectivity index (χ3n) is 5.78. The monoisotopic (exact) mass is 473 g/mol. The molecule has 0 radical (unpaired) electrons. The summed E-state index contributed by atoms with van der Waals surface area (Å²) in [5.74, 6) is 0.265. The smallest absolute Gasteiger partial charge is 0.335 e. The van der Waals surface area contributed by atoms with Crippen LogP contribution in [0.1, 0.15) is 27.3 Å². The number of aryl methyl sites for hydroxylation is 1. The maximum absolute atomic E-state index is 13.0. The van der Waals surface area contributed by atoms with Crippen LogP contribution in [0, 0.1) is 6.92 Å². The van der Waals surface area contributed by atoms with E-state index in [4.69, 9.17) is 0 Å². The van der Waals surface area contributed by atoms with E-state index in [0.717, 1.165) is 12.1 Å². The van der Waals surface area contributed by atoms with E-state index in [9.17, 15) is 26.4 Å². The molecule has 4 rings (SSSR count). The number of thiazole rings is 1. The fourth-order valence-electron chi connectivity index (χ4n) is 4.02. The number of carbonyl (C=O) groups is 1. The van der Waals surface area contributed by atoms with Gasteiger partial charge in [0.25, 0.3) is 5.91 Å². The Morgan fingerprint density at radius 3 is 2.32 bits per heavy atom. The maximum atomic E-state index is 13.0. The molecule has 1 atom stereocenters. The lowest BCUT2D eigenvalue weighted by atomic mass is 10.1. The number of piperazine rings is 1. The van der Waals surface area contributed by atoms with Gasteiger partial charge in [-0.15, -0.1) is 11.3 Å². The predicted molar refractivity (Wildman–Crippen MR) is 112 cm³/mol. The van der Waals surface area contributed by atoms with Crippen molar-refractivity contribution in [2.45, 2.75) is 25.6 Å². The van der Waals surface area contributed by atoms with Crippen molar-refractivity contribution in [1.29, 1.82) is 0 Å². The average molecular weight is 474 g/mol. The van der Waals surface area contributed by atoms with Crippen LogP contribution >= 0.6 is 11.3 Å². The Bertz CT molecular complexity index is 1070. The van der Waals surface area contributed by atoms with E-state index in [1.54, 1.807) is 11.8 Å². The number of carbonyl (C=O) groups excluding carboxylic acids is 1. The molecule has 2 aliphatic rings. The van der Waals surface area contributed by atoms with Gasteiger partial charge in [0.05, 0.1) is 22.8 Å². The Morgan fingerprint density at radius 2 is 1.77 bits per heavy atom. The van der Waals surface area contributed by atoms with Gasteiger partial charge in [-0.3, -0.25) is 9.69 Å². The molecule has 2 aliphatic heterocycles. The number of sulfone groups is 1. The van der Waals surface area contributed by atoms with Gasteiger partial charge in [-0.25, -0.2) is 13.4 Å². The predicted octanol–water partition coefficient (Wildman–Crippen LogP) is 3.08. The minimum Gasteiger partial charge on any atom is -0.335 e. The zero-order valence-corrected chi connectivity index (χ0v) is 18.5. The summed E-state index contributed by atoms with van der Waals surface area (Å²) in [6.07, 6.45) is -3.76. The van der Waals surface area contributed by atoms with Crippen molar-refractivity contribution in [3.05, 3.63) is 40.4 Å². The number of hydrogen-bond acceptors (Lipinski definition) is 6. The largest absolute Gasteiger partial charge is 0.416 e. The second-order valence-electron chi connectivity index (χ2n) is 7.89. The number of hydrogen-bond donors (Lipinski definition) is 0. The molecule has 2 aromatic rings. The highest BCUT2D eigenvalue weighted by atomic mass is 32.2. The first kappa shape index (κ1) is 22.2. The summed E-state index contributed by atoms with van der Waals surface area (Å²) in [5.41, 5.74) is 0.357. The van der Waals surface area contributed by atoms with Crippen LogP contribution in [0.2, 0.25) is 0 Å². The lowest BCUT2D eigenvalue weighted by Crippen LogP contribution is -2.52. The fraction of sp³-hybridized carbons (Fsp3) is 0.500. The number of nitrogens with zero attached hydrogens (tertiary/aromatic N) is 3. The van der Waals surface area contributed by atoms with Gasteiger partial charge in [-0.1, -0.05) is 12.1 Å². The Morgan fingerprint density at radius 1 is 1.13 bits per heavy atom. The first-order valence-electron chi connectivity index (χ1n) is 9.92. The highest BCUT2D eigenvalue weighted by Gasteiger charge is 2.35. The van der Waals surface area contributed by atoms with Crippen LogP contribution in [-0.4, -0.2) is 72.8 Å². The molecule has 6 nitrogen and oxygen atoms in total. The molecule has 1 aromatic carbocycles. The van der Waals surface area contributed by atoms with Crippen molar-refractivity contribution in [3.8, 4) is 10.6 Å². The van der Waals surface area contributed by atoms with Gasteiger partial charge in [-0.05, 0) is 25.5 Å². The molecule has 1 aromatic heterocycles. The van der Waals surface area contributed by atoms with Crippen LogP contribution in [0.25, 0.3) is 10.6 Å². The number of aromatic nitrogens is 1. The van der Waals surface area contributed by atoms with Gasteiger partial charge >= 0.3 is 6.18 Å². The Kier molecular flexibility index (Phi) is 5.86. The molecular formula is C20H22F3N3O3S2. The second kappa shape index (κ2) is 8.18. The zero-order valence-electron chi connectivity index (χ0n) is 16.9. The molecule has 2 fully saturated rings. The van der Waals surface area contributed by atoms with Crippen LogP contribution in [0.15, 0.2) is 24.3 Å². The molecule has 0 bridgehead atoms. The van der Waals surface area contributed by atoms with Gasteiger partial charge in [0.2, 0.25) is 0 Å². The topological polar surface area (TPSA) is 70.6 Å². The van der Waals surface area contributed by atoms with E-state index in [1.807, 2.05) is 0 Å². The molecule has 0 N–H and O–H groups in total. The molecule has 2 saturated heterocycles. The summed E-state index contributed by atoms with van der Waals surface area (Å²) in [6.45, 7) is 3.96. The molecule has 0 aliphatic carbocycles. The van der Waals surface area contributed by atoms with Gasteiger partial charge in [0.1, 0.15) is 9.88 Å². The van der Waals surface area contributed by atoms with E-state index in [0.29, 0.717) is 53.7 Å². The minimum absolute atomic E-state index is 0.0265.